The molecule has 0 fully saturated rings. The van der Waals surface area contributed by atoms with Gasteiger partial charge in [0.2, 0.25) is 0 Å². The minimum atomic E-state index is -0.342. The minimum absolute atomic E-state index is 0.342. The highest BCUT2D eigenvalue weighted by molar-refractivity contribution is 5.38. The lowest BCUT2D eigenvalue weighted by atomic mass is 9.89. The van der Waals surface area contributed by atoms with Crippen molar-refractivity contribution in [3.05, 3.63) is 47.3 Å². The van der Waals surface area contributed by atoms with Crippen molar-refractivity contribution in [2.75, 3.05) is 0 Å². The summed E-state index contributed by atoms with van der Waals surface area (Å²) in [6.45, 7) is 0.503. The lowest BCUT2D eigenvalue weighted by Crippen LogP contribution is -2.09. The SMILES string of the molecule is Cn1cc(COc2ccc3c(c2)[C@@H](O)CCC3)cn1. The first-order chi connectivity index (χ1) is 9.22. The van der Waals surface area contributed by atoms with Gasteiger partial charge in [0.1, 0.15) is 12.4 Å². The van der Waals surface area contributed by atoms with Crippen LogP contribution in [0.5, 0.6) is 5.75 Å². The van der Waals surface area contributed by atoms with Gasteiger partial charge in [-0.3, -0.25) is 4.68 Å². The van der Waals surface area contributed by atoms with E-state index in [4.69, 9.17) is 4.74 Å². The van der Waals surface area contributed by atoms with Gasteiger partial charge >= 0.3 is 0 Å². The molecule has 1 aromatic carbocycles. The van der Waals surface area contributed by atoms with E-state index < -0.39 is 0 Å². The normalized spacial score (nSPS) is 18.1. The highest BCUT2D eigenvalue weighted by Crippen LogP contribution is 2.32. The third kappa shape index (κ3) is 2.63. The summed E-state index contributed by atoms with van der Waals surface area (Å²) in [5.74, 6) is 0.809. The Balaban J connectivity index is 1.73. The fraction of sp³-hybridized carbons (Fsp3) is 0.400. The van der Waals surface area contributed by atoms with E-state index in [0.717, 1.165) is 36.1 Å². The number of aliphatic hydroxyl groups excluding tert-OH is 1. The van der Waals surface area contributed by atoms with Gasteiger partial charge in [-0.25, -0.2) is 0 Å². The molecule has 100 valence electrons. The van der Waals surface area contributed by atoms with E-state index in [1.807, 2.05) is 25.4 Å². The molecule has 4 nitrogen and oxygen atoms in total. The number of fused-ring (bicyclic) bond motifs is 1. The van der Waals surface area contributed by atoms with Crippen LogP contribution in [-0.2, 0) is 20.1 Å². The highest BCUT2D eigenvalue weighted by Gasteiger charge is 2.18. The number of aryl methyl sites for hydroxylation is 2. The van der Waals surface area contributed by atoms with Crippen LogP contribution in [0.25, 0.3) is 0 Å². The number of aromatic nitrogens is 2. The summed E-state index contributed by atoms with van der Waals surface area (Å²) in [6, 6.07) is 6.01. The highest BCUT2D eigenvalue weighted by atomic mass is 16.5. The van der Waals surface area contributed by atoms with Crippen LogP contribution in [0.1, 0.15) is 35.6 Å². The molecular weight excluding hydrogens is 240 g/mol. The Morgan fingerprint density at radius 3 is 3.16 bits per heavy atom. The monoisotopic (exact) mass is 258 g/mol. The second-order valence-corrected chi connectivity index (χ2v) is 5.08. The molecule has 19 heavy (non-hydrogen) atoms. The maximum atomic E-state index is 10.0. The molecule has 4 heteroatoms. The molecule has 1 heterocycles. The summed E-state index contributed by atoms with van der Waals surface area (Å²) in [7, 11) is 1.89. The summed E-state index contributed by atoms with van der Waals surface area (Å²) in [5.41, 5.74) is 3.31. The predicted molar refractivity (Wildman–Crippen MR) is 71.9 cm³/mol. The topological polar surface area (TPSA) is 47.3 Å². The lowest BCUT2D eigenvalue weighted by Gasteiger charge is -2.21. The molecule has 0 saturated carbocycles. The first-order valence-electron chi connectivity index (χ1n) is 6.63. The third-order valence-corrected chi connectivity index (χ3v) is 3.56. The molecule has 3 rings (SSSR count). The number of hydrogen-bond acceptors (Lipinski definition) is 3. The van der Waals surface area contributed by atoms with E-state index in [2.05, 4.69) is 11.2 Å². The molecule has 0 unspecified atom stereocenters. The number of hydrogen-bond donors (Lipinski definition) is 1. The Kier molecular flexibility index (Phi) is 3.25. The van der Waals surface area contributed by atoms with Gasteiger partial charge in [-0.2, -0.15) is 5.10 Å². The molecule has 1 aliphatic rings. The molecular formula is C15H18N2O2. The van der Waals surface area contributed by atoms with Crippen molar-refractivity contribution in [2.45, 2.75) is 32.0 Å². The van der Waals surface area contributed by atoms with Crippen molar-refractivity contribution in [2.24, 2.45) is 7.05 Å². The molecule has 0 amide bonds. The van der Waals surface area contributed by atoms with Gasteiger partial charge in [-0.15, -0.1) is 0 Å². The van der Waals surface area contributed by atoms with E-state index in [1.54, 1.807) is 10.9 Å². The number of aliphatic hydroxyl groups is 1. The maximum absolute atomic E-state index is 10.0. The summed E-state index contributed by atoms with van der Waals surface area (Å²) in [5, 5.41) is 14.1. The third-order valence-electron chi connectivity index (χ3n) is 3.56. The summed E-state index contributed by atoms with van der Waals surface area (Å²) in [4.78, 5) is 0. The van der Waals surface area contributed by atoms with Gasteiger partial charge in [0, 0.05) is 18.8 Å². The molecule has 1 aromatic heterocycles. The second-order valence-electron chi connectivity index (χ2n) is 5.08. The molecule has 0 radical (unpaired) electrons. The van der Waals surface area contributed by atoms with E-state index >= 15 is 0 Å². The van der Waals surface area contributed by atoms with E-state index in [-0.39, 0.29) is 6.10 Å². The Bertz CT molecular complexity index is 577. The van der Waals surface area contributed by atoms with Gasteiger partial charge in [0.15, 0.2) is 0 Å². The second kappa shape index (κ2) is 5.05. The van der Waals surface area contributed by atoms with E-state index in [0.29, 0.717) is 6.61 Å². The van der Waals surface area contributed by atoms with Crippen molar-refractivity contribution < 1.29 is 9.84 Å². The summed E-state index contributed by atoms with van der Waals surface area (Å²) >= 11 is 0. The fourth-order valence-electron chi connectivity index (χ4n) is 2.56. The van der Waals surface area contributed by atoms with Crippen LogP contribution < -0.4 is 4.74 Å². The fourth-order valence-corrected chi connectivity index (χ4v) is 2.56. The minimum Gasteiger partial charge on any atom is -0.489 e. The van der Waals surface area contributed by atoms with Crippen LogP contribution in [0.4, 0.5) is 0 Å². The smallest absolute Gasteiger partial charge is 0.120 e. The number of ether oxygens (including phenoxy) is 1. The van der Waals surface area contributed by atoms with Crippen molar-refractivity contribution >= 4 is 0 Å². The quantitative estimate of drug-likeness (QED) is 0.919. The number of rotatable bonds is 3. The molecule has 2 aromatic rings. The van der Waals surface area contributed by atoms with Crippen LogP contribution in [-0.4, -0.2) is 14.9 Å². The molecule has 0 aliphatic heterocycles. The Hall–Kier alpha value is -1.81. The van der Waals surface area contributed by atoms with Crippen molar-refractivity contribution in [1.82, 2.24) is 9.78 Å². The Morgan fingerprint density at radius 1 is 1.47 bits per heavy atom. The van der Waals surface area contributed by atoms with Crippen LogP contribution >= 0.6 is 0 Å². The number of nitrogens with zero attached hydrogens (tertiary/aromatic N) is 2. The van der Waals surface area contributed by atoms with Gasteiger partial charge in [-0.1, -0.05) is 6.07 Å². The first-order valence-corrected chi connectivity index (χ1v) is 6.63. The zero-order valence-corrected chi connectivity index (χ0v) is 11.0. The van der Waals surface area contributed by atoms with Gasteiger partial charge in [0.05, 0.1) is 12.3 Å². The molecule has 0 bridgehead atoms. The first kappa shape index (κ1) is 12.2. The molecule has 0 spiro atoms. The van der Waals surface area contributed by atoms with Crippen LogP contribution in [0.3, 0.4) is 0 Å². The molecule has 0 saturated heterocycles. The van der Waals surface area contributed by atoms with Gasteiger partial charge < -0.3 is 9.84 Å². The predicted octanol–water partition coefficient (Wildman–Crippen LogP) is 2.37. The Morgan fingerprint density at radius 2 is 2.37 bits per heavy atom. The van der Waals surface area contributed by atoms with Crippen LogP contribution in [0.2, 0.25) is 0 Å². The number of benzene rings is 1. The zero-order valence-electron chi connectivity index (χ0n) is 11.0. The molecule has 1 atom stereocenters. The maximum Gasteiger partial charge on any atom is 0.120 e. The van der Waals surface area contributed by atoms with Gasteiger partial charge in [-0.05, 0) is 42.5 Å². The lowest BCUT2D eigenvalue weighted by molar-refractivity contribution is 0.156. The zero-order chi connectivity index (χ0) is 13.2. The average Bonchev–Trinajstić information content (AvgIpc) is 2.83. The standard InChI is InChI=1S/C15H18N2O2/c1-17-9-11(8-16-17)10-19-13-6-5-12-3-2-4-15(18)14(12)7-13/h5-9,15,18H,2-4,10H2,1H3/t15-/m0/s1. The average molecular weight is 258 g/mol. The van der Waals surface area contributed by atoms with Gasteiger partial charge in [0.25, 0.3) is 0 Å². The summed E-state index contributed by atoms with van der Waals surface area (Å²) < 4.78 is 7.51. The van der Waals surface area contributed by atoms with Crippen LogP contribution in [0, 0.1) is 0 Å². The van der Waals surface area contributed by atoms with Crippen LogP contribution in [0.15, 0.2) is 30.6 Å². The van der Waals surface area contributed by atoms with Crippen molar-refractivity contribution in [3.63, 3.8) is 0 Å². The van der Waals surface area contributed by atoms with E-state index in [1.165, 1.54) is 5.56 Å². The van der Waals surface area contributed by atoms with Crippen molar-refractivity contribution in [1.29, 1.82) is 0 Å². The molecule has 1 N–H and O–H groups in total. The largest absolute Gasteiger partial charge is 0.489 e. The van der Waals surface area contributed by atoms with E-state index in [9.17, 15) is 5.11 Å². The van der Waals surface area contributed by atoms with Crippen molar-refractivity contribution in [3.8, 4) is 5.75 Å². The molecule has 1 aliphatic carbocycles. The summed E-state index contributed by atoms with van der Waals surface area (Å²) in [6.07, 6.45) is 6.35. The Labute approximate surface area is 112 Å².